The van der Waals surface area contributed by atoms with Crippen molar-refractivity contribution in [3.8, 4) is 0 Å². The molecule has 0 N–H and O–H groups in total. The summed E-state index contributed by atoms with van der Waals surface area (Å²) in [5.74, 6) is 0. The Bertz CT molecular complexity index is 540. The van der Waals surface area contributed by atoms with Crippen molar-refractivity contribution in [3.05, 3.63) is 42.0 Å². The molecule has 0 saturated carbocycles. The first-order chi connectivity index (χ1) is 9.31. The molecule has 0 radical (unpaired) electrons. The SMILES string of the molecule is CCC1c2cccn2CCN1Cc1cnn(CC)c1. The largest absolute Gasteiger partial charge is 0.349 e. The van der Waals surface area contributed by atoms with E-state index >= 15 is 0 Å². The summed E-state index contributed by atoms with van der Waals surface area (Å²) in [6.45, 7) is 8.57. The molecule has 0 fully saturated rings. The second-order valence-electron chi connectivity index (χ2n) is 5.23. The lowest BCUT2D eigenvalue weighted by Crippen LogP contribution is -2.36. The van der Waals surface area contributed by atoms with E-state index in [1.54, 1.807) is 0 Å². The number of hydrogen-bond acceptors (Lipinski definition) is 2. The maximum absolute atomic E-state index is 4.37. The van der Waals surface area contributed by atoms with Crippen LogP contribution in [0.4, 0.5) is 0 Å². The maximum Gasteiger partial charge on any atom is 0.0534 e. The van der Waals surface area contributed by atoms with Gasteiger partial charge in [0.1, 0.15) is 0 Å². The van der Waals surface area contributed by atoms with Crippen LogP contribution in [0.1, 0.15) is 37.6 Å². The van der Waals surface area contributed by atoms with Gasteiger partial charge in [-0.1, -0.05) is 6.92 Å². The van der Waals surface area contributed by atoms with Crippen LogP contribution in [-0.4, -0.2) is 25.8 Å². The highest BCUT2D eigenvalue weighted by Gasteiger charge is 2.25. The Balaban J connectivity index is 1.78. The molecule has 4 nitrogen and oxygen atoms in total. The van der Waals surface area contributed by atoms with E-state index in [2.05, 4.69) is 52.9 Å². The molecule has 1 atom stereocenters. The molecule has 3 heterocycles. The van der Waals surface area contributed by atoms with Gasteiger partial charge in [0.15, 0.2) is 0 Å². The van der Waals surface area contributed by atoms with Crippen molar-refractivity contribution >= 4 is 0 Å². The van der Waals surface area contributed by atoms with E-state index in [0.717, 1.165) is 32.6 Å². The van der Waals surface area contributed by atoms with Crippen molar-refractivity contribution in [1.82, 2.24) is 19.2 Å². The fraction of sp³-hybridized carbons (Fsp3) is 0.533. The minimum atomic E-state index is 0.536. The van der Waals surface area contributed by atoms with Crippen LogP contribution in [0, 0.1) is 0 Å². The highest BCUT2D eigenvalue weighted by Crippen LogP contribution is 2.29. The Morgan fingerprint density at radius 3 is 2.95 bits per heavy atom. The van der Waals surface area contributed by atoms with Crippen molar-refractivity contribution in [1.29, 1.82) is 0 Å². The van der Waals surface area contributed by atoms with Gasteiger partial charge in [0.05, 0.1) is 12.2 Å². The molecule has 3 rings (SSSR count). The van der Waals surface area contributed by atoms with E-state index in [9.17, 15) is 0 Å². The van der Waals surface area contributed by atoms with Crippen molar-refractivity contribution in [2.24, 2.45) is 0 Å². The molecule has 102 valence electrons. The molecular formula is C15H22N4. The van der Waals surface area contributed by atoms with Crippen LogP contribution in [0.15, 0.2) is 30.7 Å². The quantitative estimate of drug-likeness (QED) is 0.842. The van der Waals surface area contributed by atoms with E-state index in [1.165, 1.54) is 11.3 Å². The van der Waals surface area contributed by atoms with E-state index in [-0.39, 0.29) is 0 Å². The summed E-state index contributed by atoms with van der Waals surface area (Å²) < 4.78 is 4.39. The van der Waals surface area contributed by atoms with Crippen molar-refractivity contribution in [3.63, 3.8) is 0 Å². The fourth-order valence-electron chi connectivity index (χ4n) is 3.06. The third-order valence-electron chi connectivity index (χ3n) is 4.06. The minimum Gasteiger partial charge on any atom is -0.349 e. The summed E-state index contributed by atoms with van der Waals surface area (Å²) >= 11 is 0. The van der Waals surface area contributed by atoms with Gasteiger partial charge in [-0.3, -0.25) is 9.58 Å². The maximum atomic E-state index is 4.37. The summed E-state index contributed by atoms with van der Waals surface area (Å²) in [5, 5.41) is 4.37. The zero-order valence-electron chi connectivity index (χ0n) is 11.8. The Kier molecular flexibility index (Phi) is 3.42. The molecule has 0 aromatic carbocycles. The number of aryl methyl sites for hydroxylation is 1. The highest BCUT2D eigenvalue weighted by atomic mass is 15.3. The summed E-state index contributed by atoms with van der Waals surface area (Å²) in [6.07, 6.45) is 7.53. The smallest absolute Gasteiger partial charge is 0.0534 e. The summed E-state index contributed by atoms with van der Waals surface area (Å²) in [4.78, 5) is 2.58. The van der Waals surface area contributed by atoms with E-state index in [4.69, 9.17) is 0 Å². The number of nitrogens with zero attached hydrogens (tertiary/aromatic N) is 4. The zero-order valence-corrected chi connectivity index (χ0v) is 11.8. The minimum absolute atomic E-state index is 0.536. The van der Waals surface area contributed by atoms with Gasteiger partial charge in [-0.15, -0.1) is 0 Å². The Morgan fingerprint density at radius 2 is 2.21 bits per heavy atom. The Hall–Kier alpha value is -1.55. The molecule has 0 bridgehead atoms. The van der Waals surface area contributed by atoms with Crippen LogP contribution in [0.5, 0.6) is 0 Å². The first kappa shape index (κ1) is 12.5. The van der Waals surface area contributed by atoms with Gasteiger partial charge >= 0.3 is 0 Å². The average Bonchev–Trinajstić information content (AvgIpc) is 3.06. The third kappa shape index (κ3) is 2.32. The van der Waals surface area contributed by atoms with Crippen molar-refractivity contribution < 1.29 is 0 Å². The van der Waals surface area contributed by atoms with Crippen LogP contribution in [-0.2, 0) is 19.6 Å². The van der Waals surface area contributed by atoms with Gasteiger partial charge in [0, 0.05) is 49.8 Å². The highest BCUT2D eigenvalue weighted by molar-refractivity contribution is 5.15. The third-order valence-corrected chi connectivity index (χ3v) is 4.06. The summed E-state index contributed by atoms with van der Waals surface area (Å²) in [7, 11) is 0. The monoisotopic (exact) mass is 258 g/mol. The normalized spacial score (nSPS) is 19.6. The Labute approximate surface area is 114 Å². The molecule has 1 aliphatic rings. The van der Waals surface area contributed by atoms with E-state index in [0.29, 0.717) is 6.04 Å². The molecule has 2 aromatic heterocycles. The summed E-state index contributed by atoms with van der Waals surface area (Å²) in [5.41, 5.74) is 2.77. The molecule has 0 saturated heterocycles. The second-order valence-corrected chi connectivity index (χ2v) is 5.23. The van der Waals surface area contributed by atoms with Crippen molar-refractivity contribution in [2.45, 2.75) is 45.9 Å². The van der Waals surface area contributed by atoms with Crippen molar-refractivity contribution in [2.75, 3.05) is 6.54 Å². The molecule has 19 heavy (non-hydrogen) atoms. The van der Waals surface area contributed by atoms with Gasteiger partial charge in [0.2, 0.25) is 0 Å². The average molecular weight is 258 g/mol. The van der Waals surface area contributed by atoms with Crippen LogP contribution in [0.3, 0.4) is 0 Å². The van der Waals surface area contributed by atoms with Crippen LogP contribution in [0.25, 0.3) is 0 Å². The lowest BCUT2D eigenvalue weighted by molar-refractivity contribution is 0.144. The number of rotatable bonds is 4. The number of aromatic nitrogens is 3. The first-order valence-corrected chi connectivity index (χ1v) is 7.22. The fourth-order valence-corrected chi connectivity index (χ4v) is 3.06. The van der Waals surface area contributed by atoms with E-state index < -0.39 is 0 Å². The van der Waals surface area contributed by atoms with Crippen LogP contribution in [0.2, 0.25) is 0 Å². The second kappa shape index (κ2) is 5.21. The predicted molar refractivity (Wildman–Crippen MR) is 75.8 cm³/mol. The predicted octanol–water partition coefficient (Wildman–Crippen LogP) is 2.67. The standard InChI is InChI=1S/C15H22N4/c1-3-14-15-6-5-7-17(15)8-9-18(14)11-13-10-16-19(4-2)12-13/h5-7,10,12,14H,3-4,8-9,11H2,1-2H3. The van der Waals surface area contributed by atoms with Gasteiger partial charge in [0.25, 0.3) is 0 Å². The first-order valence-electron chi connectivity index (χ1n) is 7.22. The zero-order chi connectivity index (χ0) is 13.2. The van der Waals surface area contributed by atoms with Gasteiger partial charge < -0.3 is 4.57 Å². The lowest BCUT2D eigenvalue weighted by Gasteiger charge is -2.36. The van der Waals surface area contributed by atoms with Gasteiger partial charge in [-0.25, -0.2) is 0 Å². The molecule has 2 aromatic rings. The number of fused-ring (bicyclic) bond motifs is 1. The molecular weight excluding hydrogens is 236 g/mol. The lowest BCUT2D eigenvalue weighted by atomic mass is 10.1. The molecule has 0 spiro atoms. The van der Waals surface area contributed by atoms with Crippen LogP contribution >= 0.6 is 0 Å². The van der Waals surface area contributed by atoms with Gasteiger partial charge in [-0.05, 0) is 25.5 Å². The molecule has 4 heteroatoms. The van der Waals surface area contributed by atoms with Crippen LogP contribution < -0.4 is 0 Å². The molecule has 1 aliphatic heterocycles. The molecule has 0 amide bonds. The number of hydrogen-bond donors (Lipinski definition) is 0. The van der Waals surface area contributed by atoms with Gasteiger partial charge in [-0.2, -0.15) is 5.10 Å². The molecule has 1 unspecified atom stereocenters. The topological polar surface area (TPSA) is 26.0 Å². The molecule has 0 aliphatic carbocycles. The van der Waals surface area contributed by atoms with E-state index in [1.807, 2.05) is 10.9 Å². The Morgan fingerprint density at radius 1 is 1.32 bits per heavy atom. The summed E-state index contributed by atoms with van der Waals surface area (Å²) in [6, 6.07) is 4.96.